The molecule has 3 aromatic rings. The lowest BCUT2D eigenvalue weighted by molar-refractivity contribution is 0.0953. The molecule has 0 aliphatic rings. The molecular formula is C21H17N5O. The van der Waals surface area contributed by atoms with Gasteiger partial charge in [-0.15, -0.1) is 6.58 Å². The molecule has 1 amide bonds. The number of carbonyl (C=O) groups excluding carboxylic acids is 1. The van der Waals surface area contributed by atoms with E-state index < -0.39 is 0 Å². The molecule has 132 valence electrons. The smallest absolute Gasteiger partial charge is 0.270 e. The molecule has 0 fully saturated rings. The second kappa shape index (κ2) is 8.41. The fourth-order valence-electron chi connectivity index (χ4n) is 2.38. The van der Waals surface area contributed by atoms with Gasteiger partial charge in [-0.2, -0.15) is 5.26 Å². The van der Waals surface area contributed by atoms with E-state index in [0.717, 1.165) is 11.3 Å². The zero-order chi connectivity index (χ0) is 19.1. The average Bonchev–Trinajstić information content (AvgIpc) is 2.73. The lowest BCUT2D eigenvalue weighted by Gasteiger charge is -2.10. The molecule has 0 unspecified atom stereocenters. The minimum Gasteiger partial charge on any atom is -0.347 e. The van der Waals surface area contributed by atoms with E-state index in [1.54, 1.807) is 36.4 Å². The zero-order valence-corrected chi connectivity index (χ0v) is 14.5. The lowest BCUT2D eigenvalue weighted by atomic mass is 10.2. The van der Waals surface area contributed by atoms with Gasteiger partial charge in [-0.3, -0.25) is 4.79 Å². The molecule has 2 N–H and O–H groups in total. The van der Waals surface area contributed by atoms with Crippen LogP contribution >= 0.6 is 0 Å². The molecule has 0 atom stereocenters. The molecular weight excluding hydrogens is 338 g/mol. The van der Waals surface area contributed by atoms with E-state index in [-0.39, 0.29) is 11.6 Å². The summed E-state index contributed by atoms with van der Waals surface area (Å²) in [5.41, 5.74) is 2.38. The summed E-state index contributed by atoms with van der Waals surface area (Å²) in [4.78, 5) is 21.3. The minimum absolute atomic E-state index is 0.252. The molecule has 0 aliphatic heterocycles. The number of nitriles is 1. The first kappa shape index (κ1) is 17.8. The monoisotopic (exact) mass is 355 g/mol. The molecule has 0 saturated carbocycles. The molecule has 0 spiro atoms. The molecule has 0 radical (unpaired) electrons. The summed E-state index contributed by atoms with van der Waals surface area (Å²) in [6.45, 7) is 3.95. The minimum atomic E-state index is -0.308. The van der Waals surface area contributed by atoms with Crippen molar-refractivity contribution in [3.8, 4) is 17.5 Å². The Morgan fingerprint density at radius 2 is 1.85 bits per heavy atom. The predicted molar refractivity (Wildman–Crippen MR) is 104 cm³/mol. The largest absolute Gasteiger partial charge is 0.347 e. The number of anilines is 2. The Balaban J connectivity index is 1.97. The van der Waals surface area contributed by atoms with Gasteiger partial charge in [0.2, 0.25) is 0 Å². The summed E-state index contributed by atoms with van der Waals surface area (Å²) in [6, 6.07) is 20.1. The highest BCUT2D eigenvalue weighted by atomic mass is 16.1. The fraction of sp³-hybridized carbons (Fsp3) is 0.0476. The van der Waals surface area contributed by atoms with E-state index >= 15 is 0 Å². The van der Waals surface area contributed by atoms with Crippen molar-refractivity contribution in [3.05, 3.63) is 84.6 Å². The predicted octanol–water partition coefficient (Wildman–Crippen LogP) is 3.67. The second-order valence-electron chi connectivity index (χ2n) is 5.64. The normalized spacial score (nSPS) is 9.89. The molecule has 27 heavy (non-hydrogen) atoms. The van der Waals surface area contributed by atoms with Gasteiger partial charge < -0.3 is 10.6 Å². The first-order valence-electron chi connectivity index (χ1n) is 8.30. The van der Waals surface area contributed by atoms with E-state index in [9.17, 15) is 4.79 Å². The molecule has 0 saturated heterocycles. The summed E-state index contributed by atoms with van der Waals surface area (Å²) in [5, 5.41) is 14.8. The summed E-state index contributed by atoms with van der Waals surface area (Å²) >= 11 is 0. The Morgan fingerprint density at radius 3 is 2.52 bits per heavy atom. The van der Waals surface area contributed by atoms with Gasteiger partial charge in [0.05, 0.1) is 11.6 Å². The molecule has 0 aliphatic carbocycles. The van der Waals surface area contributed by atoms with Crippen LogP contribution in [0.15, 0.2) is 73.3 Å². The molecule has 1 heterocycles. The highest BCUT2D eigenvalue weighted by Crippen LogP contribution is 2.21. The fourth-order valence-corrected chi connectivity index (χ4v) is 2.38. The first-order valence-corrected chi connectivity index (χ1v) is 8.30. The van der Waals surface area contributed by atoms with Crippen LogP contribution in [0.5, 0.6) is 0 Å². The van der Waals surface area contributed by atoms with Gasteiger partial charge >= 0.3 is 0 Å². The SMILES string of the molecule is C=CCNC(=O)c1cc(Nc2ccc(C#N)cc2)nc(-c2ccccc2)n1. The number of amides is 1. The number of nitrogens with one attached hydrogen (secondary N) is 2. The van der Waals surface area contributed by atoms with Crippen LogP contribution in [0, 0.1) is 11.3 Å². The quantitative estimate of drug-likeness (QED) is 0.658. The van der Waals surface area contributed by atoms with E-state index in [1.165, 1.54) is 0 Å². The van der Waals surface area contributed by atoms with Crippen molar-refractivity contribution < 1.29 is 4.79 Å². The average molecular weight is 355 g/mol. The summed E-state index contributed by atoms with van der Waals surface area (Å²) in [7, 11) is 0. The van der Waals surface area contributed by atoms with Crippen LogP contribution in [-0.2, 0) is 0 Å². The van der Waals surface area contributed by atoms with Crippen molar-refractivity contribution in [2.24, 2.45) is 0 Å². The number of nitrogens with zero attached hydrogens (tertiary/aromatic N) is 3. The summed E-state index contributed by atoms with van der Waals surface area (Å²) in [6.07, 6.45) is 1.60. The van der Waals surface area contributed by atoms with Crippen LogP contribution in [0.1, 0.15) is 16.1 Å². The number of carbonyl (C=O) groups is 1. The maximum absolute atomic E-state index is 12.4. The lowest BCUT2D eigenvalue weighted by Crippen LogP contribution is -2.24. The van der Waals surface area contributed by atoms with Crippen LogP contribution in [-0.4, -0.2) is 22.4 Å². The number of aromatic nitrogens is 2. The van der Waals surface area contributed by atoms with E-state index in [2.05, 4.69) is 33.2 Å². The Kier molecular flexibility index (Phi) is 5.55. The molecule has 1 aromatic heterocycles. The maximum atomic E-state index is 12.4. The molecule has 3 rings (SSSR count). The van der Waals surface area contributed by atoms with Crippen LogP contribution in [0.4, 0.5) is 11.5 Å². The summed E-state index contributed by atoms with van der Waals surface area (Å²) in [5.74, 6) is 0.618. The molecule has 6 nitrogen and oxygen atoms in total. The standard InChI is InChI=1S/C21H17N5O/c1-2-12-23-21(27)18-13-19(24-17-10-8-15(14-22)9-11-17)26-20(25-18)16-6-4-3-5-7-16/h2-11,13H,1,12H2,(H,23,27)(H,24,25,26). The van der Waals surface area contributed by atoms with E-state index in [0.29, 0.717) is 23.8 Å². The Morgan fingerprint density at radius 1 is 1.11 bits per heavy atom. The Bertz CT molecular complexity index is 991. The van der Waals surface area contributed by atoms with E-state index in [4.69, 9.17) is 5.26 Å². The third-order valence-corrected chi connectivity index (χ3v) is 3.68. The Hall–Kier alpha value is -3.98. The second-order valence-corrected chi connectivity index (χ2v) is 5.64. The molecule has 6 heteroatoms. The topological polar surface area (TPSA) is 90.7 Å². The summed E-state index contributed by atoms with van der Waals surface area (Å²) < 4.78 is 0. The van der Waals surface area contributed by atoms with Crippen LogP contribution in [0.25, 0.3) is 11.4 Å². The first-order chi connectivity index (χ1) is 13.2. The Labute approximate surface area is 157 Å². The van der Waals surface area contributed by atoms with Crippen molar-refractivity contribution >= 4 is 17.4 Å². The molecule has 2 aromatic carbocycles. The van der Waals surface area contributed by atoms with Crippen LogP contribution < -0.4 is 10.6 Å². The van der Waals surface area contributed by atoms with Gasteiger partial charge in [0, 0.05) is 23.9 Å². The van der Waals surface area contributed by atoms with Gasteiger partial charge in [-0.1, -0.05) is 36.4 Å². The van der Waals surface area contributed by atoms with Crippen molar-refractivity contribution in [3.63, 3.8) is 0 Å². The van der Waals surface area contributed by atoms with Crippen molar-refractivity contribution in [2.75, 3.05) is 11.9 Å². The van der Waals surface area contributed by atoms with E-state index in [1.807, 2.05) is 30.3 Å². The third kappa shape index (κ3) is 4.55. The number of hydrogen-bond acceptors (Lipinski definition) is 5. The third-order valence-electron chi connectivity index (χ3n) is 3.68. The van der Waals surface area contributed by atoms with Gasteiger partial charge in [0.25, 0.3) is 5.91 Å². The number of hydrogen-bond donors (Lipinski definition) is 2. The van der Waals surface area contributed by atoms with Crippen molar-refractivity contribution in [1.29, 1.82) is 5.26 Å². The number of rotatable bonds is 6. The molecule has 0 bridgehead atoms. The highest BCUT2D eigenvalue weighted by molar-refractivity contribution is 5.93. The van der Waals surface area contributed by atoms with Crippen molar-refractivity contribution in [1.82, 2.24) is 15.3 Å². The van der Waals surface area contributed by atoms with Crippen LogP contribution in [0.2, 0.25) is 0 Å². The zero-order valence-electron chi connectivity index (χ0n) is 14.5. The number of benzene rings is 2. The van der Waals surface area contributed by atoms with Gasteiger partial charge in [0.15, 0.2) is 5.82 Å². The van der Waals surface area contributed by atoms with Crippen LogP contribution in [0.3, 0.4) is 0 Å². The maximum Gasteiger partial charge on any atom is 0.270 e. The van der Waals surface area contributed by atoms with Gasteiger partial charge in [-0.25, -0.2) is 9.97 Å². The van der Waals surface area contributed by atoms with Gasteiger partial charge in [0.1, 0.15) is 11.5 Å². The highest BCUT2D eigenvalue weighted by Gasteiger charge is 2.13. The van der Waals surface area contributed by atoms with Crippen molar-refractivity contribution in [2.45, 2.75) is 0 Å². The van der Waals surface area contributed by atoms with Gasteiger partial charge in [-0.05, 0) is 24.3 Å².